The number of rotatable bonds is 8. The number of ether oxygens (including phenoxy) is 1. The predicted octanol–water partition coefficient (Wildman–Crippen LogP) is 5.14. The van der Waals surface area contributed by atoms with Gasteiger partial charge in [-0.15, -0.1) is 0 Å². The molecule has 26 heavy (non-hydrogen) atoms. The first-order valence-electron chi connectivity index (χ1n) is 9.16. The first-order valence-corrected chi connectivity index (χ1v) is 9.16. The van der Waals surface area contributed by atoms with Gasteiger partial charge in [-0.25, -0.2) is 9.59 Å². The Bertz CT molecular complexity index is 658. The normalized spacial score (nSPS) is 14.1. The Morgan fingerprint density at radius 3 is 2.12 bits per heavy atom. The molecule has 0 aliphatic heterocycles. The summed E-state index contributed by atoms with van der Waals surface area (Å²) in [6.45, 7) is 14.1. The minimum atomic E-state index is -0.604. The summed E-state index contributed by atoms with van der Waals surface area (Å²) in [6.07, 6.45) is 3.31. The smallest absolute Gasteiger partial charge is 0.410 e. The SMILES string of the molecule is CCC(C)(CC(C)(C)N=C=O)NC(=O)Oc1ccc(C(C)(C)CC)cc1. The van der Waals surface area contributed by atoms with Crippen molar-refractivity contribution in [1.82, 2.24) is 5.32 Å². The molecule has 5 heteroatoms. The fraction of sp³-hybridized carbons (Fsp3) is 0.619. The van der Waals surface area contributed by atoms with Crippen molar-refractivity contribution >= 4 is 12.2 Å². The van der Waals surface area contributed by atoms with Crippen LogP contribution >= 0.6 is 0 Å². The summed E-state index contributed by atoms with van der Waals surface area (Å²) >= 11 is 0. The Morgan fingerprint density at radius 2 is 1.65 bits per heavy atom. The van der Waals surface area contributed by atoms with Crippen LogP contribution in [0, 0.1) is 0 Å². The first-order chi connectivity index (χ1) is 12.0. The van der Waals surface area contributed by atoms with Crippen molar-refractivity contribution < 1.29 is 14.3 Å². The van der Waals surface area contributed by atoms with Gasteiger partial charge in [-0.1, -0.05) is 39.8 Å². The summed E-state index contributed by atoms with van der Waals surface area (Å²) in [4.78, 5) is 26.7. The molecule has 1 unspecified atom stereocenters. The van der Waals surface area contributed by atoms with E-state index in [1.54, 1.807) is 6.08 Å². The van der Waals surface area contributed by atoms with Crippen molar-refractivity contribution in [1.29, 1.82) is 0 Å². The van der Waals surface area contributed by atoms with E-state index in [2.05, 4.69) is 31.1 Å². The third-order valence-corrected chi connectivity index (χ3v) is 5.09. The monoisotopic (exact) mass is 360 g/mol. The van der Waals surface area contributed by atoms with E-state index in [0.717, 1.165) is 6.42 Å². The van der Waals surface area contributed by atoms with Crippen LogP contribution in [0.25, 0.3) is 0 Å². The third-order valence-electron chi connectivity index (χ3n) is 5.09. The predicted molar refractivity (Wildman–Crippen MR) is 104 cm³/mol. The fourth-order valence-corrected chi connectivity index (χ4v) is 2.93. The Balaban J connectivity index is 2.79. The summed E-state index contributed by atoms with van der Waals surface area (Å²) in [5.74, 6) is 0.502. The van der Waals surface area contributed by atoms with Crippen LogP contribution in [0.3, 0.4) is 0 Å². The number of isocyanates is 1. The maximum atomic E-state index is 12.3. The molecule has 0 aromatic heterocycles. The molecule has 5 nitrogen and oxygen atoms in total. The molecule has 0 aliphatic carbocycles. The van der Waals surface area contributed by atoms with Gasteiger partial charge in [0.05, 0.1) is 5.54 Å². The molecule has 1 rings (SSSR count). The number of carbonyl (C=O) groups is 1. The lowest BCUT2D eigenvalue weighted by Gasteiger charge is -2.34. The molecule has 0 radical (unpaired) electrons. The number of hydrogen-bond acceptors (Lipinski definition) is 4. The average Bonchev–Trinajstić information content (AvgIpc) is 2.54. The summed E-state index contributed by atoms with van der Waals surface area (Å²) in [6, 6.07) is 7.62. The van der Waals surface area contributed by atoms with Crippen LogP contribution in [0.15, 0.2) is 29.3 Å². The van der Waals surface area contributed by atoms with Gasteiger partial charge in [-0.3, -0.25) is 0 Å². The molecular weight excluding hydrogens is 328 g/mol. The van der Waals surface area contributed by atoms with Crippen LogP contribution in [0.4, 0.5) is 4.79 Å². The molecule has 1 aromatic rings. The summed E-state index contributed by atoms with van der Waals surface area (Å²) in [5.41, 5.74) is 0.157. The highest BCUT2D eigenvalue weighted by Crippen LogP contribution is 2.29. The van der Waals surface area contributed by atoms with E-state index in [-0.39, 0.29) is 5.41 Å². The van der Waals surface area contributed by atoms with Gasteiger partial charge in [0.2, 0.25) is 6.08 Å². The highest BCUT2D eigenvalue weighted by Gasteiger charge is 2.33. The van der Waals surface area contributed by atoms with Crippen LogP contribution in [0.5, 0.6) is 5.75 Å². The Morgan fingerprint density at radius 1 is 1.08 bits per heavy atom. The van der Waals surface area contributed by atoms with Gasteiger partial charge in [0, 0.05) is 5.54 Å². The van der Waals surface area contributed by atoms with Gasteiger partial charge in [-0.2, -0.15) is 4.99 Å². The van der Waals surface area contributed by atoms with Gasteiger partial charge in [-0.05, 0) is 63.1 Å². The fourth-order valence-electron chi connectivity index (χ4n) is 2.93. The Labute approximate surface area is 157 Å². The van der Waals surface area contributed by atoms with Gasteiger partial charge >= 0.3 is 6.09 Å². The topological polar surface area (TPSA) is 67.8 Å². The van der Waals surface area contributed by atoms with Crippen molar-refractivity contribution in [2.24, 2.45) is 4.99 Å². The van der Waals surface area contributed by atoms with Crippen LogP contribution in [-0.4, -0.2) is 23.3 Å². The molecule has 0 fully saturated rings. The van der Waals surface area contributed by atoms with Crippen LogP contribution in [0.1, 0.15) is 73.3 Å². The molecule has 0 saturated carbocycles. The molecule has 1 atom stereocenters. The van der Waals surface area contributed by atoms with E-state index in [1.165, 1.54) is 5.56 Å². The summed E-state index contributed by atoms with van der Waals surface area (Å²) in [5, 5.41) is 2.91. The lowest BCUT2D eigenvalue weighted by molar-refractivity contribution is 0.176. The van der Waals surface area contributed by atoms with E-state index in [0.29, 0.717) is 18.6 Å². The number of nitrogens with one attached hydrogen (secondary N) is 1. The standard InChI is InChI=1S/C21H32N2O3/c1-8-19(3,4)16-10-12-17(13-11-16)26-18(25)23-21(7,9-2)14-20(5,6)22-15-24/h10-13H,8-9,14H2,1-7H3,(H,23,25). The van der Waals surface area contributed by atoms with Crippen molar-refractivity contribution in [2.75, 3.05) is 0 Å². The minimum Gasteiger partial charge on any atom is -0.410 e. The van der Waals surface area contributed by atoms with E-state index in [9.17, 15) is 9.59 Å². The average molecular weight is 360 g/mol. The maximum absolute atomic E-state index is 12.3. The van der Waals surface area contributed by atoms with Gasteiger partial charge in [0.15, 0.2) is 0 Å². The second-order valence-corrected chi connectivity index (χ2v) is 8.38. The lowest BCUT2D eigenvalue weighted by atomic mass is 9.82. The highest BCUT2D eigenvalue weighted by molar-refractivity contribution is 5.71. The van der Waals surface area contributed by atoms with Crippen molar-refractivity contribution in [3.8, 4) is 5.75 Å². The Hall–Kier alpha value is -2.13. The second-order valence-electron chi connectivity index (χ2n) is 8.38. The second kappa shape index (κ2) is 8.50. The number of benzene rings is 1. The first kappa shape index (κ1) is 21.9. The molecule has 0 heterocycles. The number of amides is 1. The van der Waals surface area contributed by atoms with Gasteiger partial charge < -0.3 is 10.1 Å². The third kappa shape index (κ3) is 6.30. The Kier molecular flexibility index (Phi) is 7.16. The van der Waals surface area contributed by atoms with Gasteiger partial charge in [0.1, 0.15) is 5.75 Å². The van der Waals surface area contributed by atoms with Crippen LogP contribution in [-0.2, 0) is 10.2 Å². The molecular formula is C21H32N2O3. The minimum absolute atomic E-state index is 0.0895. The van der Waals surface area contributed by atoms with Crippen molar-refractivity contribution in [2.45, 2.75) is 84.2 Å². The van der Waals surface area contributed by atoms with E-state index >= 15 is 0 Å². The quantitative estimate of drug-likeness (QED) is 0.516. The molecule has 0 spiro atoms. The van der Waals surface area contributed by atoms with E-state index in [4.69, 9.17) is 4.74 Å². The van der Waals surface area contributed by atoms with E-state index in [1.807, 2.05) is 52.0 Å². The zero-order chi connectivity index (χ0) is 20.0. The molecule has 1 N–H and O–H groups in total. The number of aliphatic imine (C=N–C) groups is 1. The molecule has 0 saturated heterocycles. The molecule has 144 valence electrons. The zero-order valence-electron chi connectivity index (χ0n) is 17.1. The molecule has 0 bridgehead atoms. The van der Waals surface area contributed by atoms with E-state index < -0.39 is 17.2 Å². The van der Waals surface area contributed by atoms with Crippen molar-refractivity contribution in [3.05, 3.63) is 29.8 Å². The van der Waals surface area contributed by atoms with Gasteiger partial charge in [0.25, 0.3) is 0 Å². The molecule has 0 aliphatic rings. The number of nitrogens with zero attached hydrogens (tertiary/aromatic N) is 1. The van der Waals surface area contributed by atoms with Crippen molar-refractivity contribution in [3.63, 3.8) is 0 Å². The van der Waals surface area contributed by atoms with Crippen LogP contribution < -0.4 is 10.1 Å². The number of carbonyl (C=O) groups excluding carboxylic acids is 2. The molecule has 1 amide bonds. The summed E-state index contributed by atoms with van der Waals surface area (Å²) < 4.78 is 5.43. The lowest BCUT2D eigenvalue weighted by Crippen LogP contribution is -2.50. The zero-order valence-corrected chi connectivity index (χ0v) is 17.1. The maximum Gasteiger partial charge on any atom is 0.413 e. The van der Waals surface area contributed by atoms with Crippen LogP contribution in [0.2, 0.25) is 0 Å². The summed E-state index contributed by atoms with van der Waals surface area (Å²) in [7, 11) is 0. The largest absolute Gasteiger partial charge is 0.413 e. The number of hydrogen-bond donors (Lipinski definition) is 1. The highest BCUT2D eigenvalue weighted by atomic mass is 16.6. The molecule has 1 aromatic carbocycles.